The summed E-state index contributed by atoms with van der Waals surface area (Å²) in [5.74, 6) is 0.116. The van der Waals surface area contributed by atoms with Crippen molar-refractivity contribution in [2.24, 2.45) is 0 Å². The average molecular weight is 277 g/mol. The van der Waals surface area contributed by atoms with Crippen molar-refractivity contribution in [2.75, 3.05) is 33.8 Å². The van der Waals surface area contributed by atoms with Crippen molar-refractivity contribution in [2.45, 2.75) is 31.3 Å². The minimum atomic E-state index is -0.603. The number of unbranched alkanes of at least 4 members (excludes halogenated alkanes) is 1. The molecular formula is C13H25ClN2O2. The highest BCUT2D eigenvalue weighted by Gasteiger charge is 2.41. The van der Waals surface area contributed by atoms with Gasteiger partial charge in [-0.15, -0.1) is 19.0 Å². The third kappa shape index (κ3) is 4.26. The van der Waals surface area contributed by atoms with E-state index in [4.69, 9.17) is 4.74 Å². The van der Waals surface area contributed by atoms with Crippen LogP contribution in [0.3, 0.4) is 0 Å². The molecule has 0 aromatic carbocycles. The lowest BCUT2D eigenvalue weighted by Crippen LogP contribution is -2.54. The standard InChI is InChI=1S/C13H24N2O2.ClH/c1-4-5-6-11-15(2)12(16)13(17-3)7-9-14-10-8-13;/h4,14H,1,5-11H2,2-3H3;1H. The monoisotopic (exact) mass is 276 g/mol. The van der Waals surface area contributed by atoms with Crippen LogP contribution < -0.4 is 5.32 Å². The molecule has 0 aromatic heterocycles. The van der Waals surface area contributed by atoms with E-state index in [2.05, 4.69) is 11.9 Å². The second kappa shape index (κ2) is 8.51. The molecule has 4 nitrogen and oxygen atoms in total. The van der Waals surface area contributed by atoms with Crippen LogP contribution in [0.5, 0.6) is 0 Å². The Bertz CT molecular complexity index is 266. The Labute approximate surface area is 116 Å². The maximum atomic E-state index is 12.4. The number of ether oxygens (including phenoxy) is 1. The van der Waals surface area contributed by atoms with Gasteiger partial charge in [-0.25, -0.2) is 0 Å². The number of amides is 1. The van der Waals surface area contributed by atoms with E-state index >= 15 is 0 Å². The Morgan fingerprint density at radius 1 is 1.50 bits per heavy atom. The molecular weight excluding hydrogens is 252 g/mol. The maximum Gasteiger partial charge on any atom is 0.254 e. The zero-order chi connectivity index (χ0) is 12.7. The van der Waals surface area contributed by atoms with Gasteiger partial charge in [-0.3, -0.25) is 4.79 Å². The molecule has 1 aliphatic heterocycles. The van der Waals surface area contributed by atoms with Gasteiger partial charge in [0.2, 0.25) is 0 Å². The summed E-state index contributed by atoms with van der Waals surface area (Å²) < 4.78 is 5.52. The highest BCUT2D eigenvalue weighted by Crippen LogP contribution is 2.24. The number of rotatable bonds is 6. The second-order valence-electron chi connectivity index (χ2n) is 4.61. The van der Waals surface area contributed by atoms with Gasteiger partial charge in [0.05, 0.1) is 0 Å². The van der Waals surface area contributed by atoms with Gasteiger partial charge in [0.1, 0.15) is 5.60 Å². The summed E-state index contributed by atoms with van der Waals surface area (Å²) in [6, 6.07) is 0. The topological polar surface area (TPSA) is 41.6 Å². The number of hydrogen-bond acceptors (Lipinski definition) is 3. The number of nitrogens with one attached hydrogen (secondary N) is 1. The molecule has 0 unspecified atom stereocenters. The normalized spacial score (nSPS) is 17.7. The molecule has 0 atom stereocenters. The van der Waals surface area contributed by atoms with Crippen molar-refractivity contribution in [1.82, 2.24) is 10.2 Å². The first kappa shape index (κ1) is 17.4. The molecule has 0 aliphatic carbocycles. The Balaban J connectivity index is 0.00000289. The first-order valence-electron chi connectivity index (χ1n) is 6.28. The molecule has 1 amide bonds. The third-order valence-corrected chi connectivity index (χ3v) is 3.44. The Morgan fingerprint density at radius 2 is 2.11 bits per heavy atom. The summed E-state index contributed by atoms with van der Waals surface area (Å²) in [6.45, 7) is 6.15. The van der Waals surface area contributed by atoms with E-state index in [9.17, 15) is 4.79 Å². The number of likely N-dealkylation sites (N-methyl/N-ethyl adjacent to an activating group) is 1. The summed E-state index contributed by atoms with van der Waals surface area (Å²) in [6.07, 6.45) is 5.31. The molecule has 0 spiro atoms. The molecule has 1 rings (SSSR count). The number of carbonyl (C=O) groups excluding carboxylic acids is 1. The summed E-state index contributed by atoms with van der Waals surface area (Å²) in [4.78, 5) is 14.2. The summed E-state index contributed by atoms with van der Waals surface area (Å²) >= 11 is 0. The molecule has 1 saturated heterocycles. The smallest absolute Gasteiger partial charge is 0.254 e. The summed E-state index contributed by atoms with van der Waals surface area (Å²) in [5, 5.41) is 3.26. The summed E-state index contributed by atoms with van der Waals surface area (Å²) in [5.41, 5.74) is -0.603. The third-order valence-electron chi connectivity index (χ3n) is 3.44. The number of nitrogens with zero attached hydrogens (tertiary/aromatic N) is 1. The van der Waals surface area contributed by atoms with E-state index in [1.54, 1.807) is 12.0 Å². The van der Waals surface area contributed by atoms with E-state index < -0.39 is 5.60 Å². The molecule has 1 N–H and O–H groups in total. The minimum absolute atomic E-state index is 0. The van der Waals surface area contributed by atoms with E-state index in [-0.39, 0.29) is 18.3 Å². The van der Waals surface area contributed by atoms with Crippen molar-refractivity contribution in [3.8, 4) is 0 Å². The molecule has 106 valence electrons. The number of piperidine rings is 1. The van der Waals surface area contributed by atoms with E-state index in [1.165, 1.54) is 0 Å². The predicted molar refractivity (Wildman–Crippen MR) is 76.2 cm³/mol. The van der Waals surface area contributed by atoms with E-state index in [0.717, 1.165) is 45.3 Å². The largest absolute Gasteiger partial charge is 0.368 e. The van der Waals surface area contributed by atoms with Crippen LogP contribution in [0.15, 0.2) is 12.7 Å². The van der Waals surface area contributed by atoms with Gasteiger partial charge >= 0.3 is 0 Å². The van der Waals surface area contributed by atoms with Crippen LogP contribution in [-0.4, -0.2) is 50.2 Å². The lowest BCUT2D eigenvalue weighted by atomic mass is 9.90. The van der Waals surface area contributed by atoms with Gasteiger partial charge in [-0.05, 0) is 38.8 Å². The molecule has 5 heteroatoms. The quantitative estimate of drug-likeness (QED) is 0.592. The van der Waals surface area contributed by atoms with Gasteiger partial charge in [-0.2, -0.15) is 0 Å². The number of carbonyl (C=O) groups is 1. The molecule has 1 aliphatic rings. The number of hydrogen-bond donors (Lipinski definition) is 1. The van der Waals surface area contributed by atoms with Crippen molar-refractivity contribution in [1.29, 1.82) is 0 Å². The minimum Gasteiger partial charge on any atom is -0.368 e. The SMILES string of the molecule is C=CCCCN(C)C(=O)C1(OC)CCNCC1.Cl. The second-order valence-corrected chi connectivity index (χ2v) is 4.61. The maximum absolute atomic E-state index is 12.4. The predicted octanol–water partition coefficient (Wildman–Crippen LogP) is 1.60. The fourth-order valence-electron chi connectivity index (χ4n) is 2.26. The van der Waals surface area contributed by atoms with Gasteiger partial charge in [0.15, 0.2) is 0 Å². The lowest BCUT2D eigenvalue weighted by Gasteiger charge is -2.37. The molecule has 1 heterocycles. The van der Waals surface area contributed by atoms with Gasteiger partial charge < -0.3 is 15.0 Å². The van der Waals surface area contributed by atoms with Crippen LogP contribution in [0.2, 0.25) is 0 Å². The molecule has 18 heavy (non-hydrogen) atoms. The molecule has 1 fully saturated rings. The zero-order valence-corrected chi connectivity index (χ0v) is 12.2. The average Bonchev–Trinajstić information content (AvgIpc) is 2.38. The van der Waals surface area contributed by atoms with Gasteiger partial charge in [0.25, 0.3) is 5.91 Å². The van der Waals surface area contributed by atoms with Gasteiger partial charge in [0, 0.05) is 20.7 Å². The summed E-state index contributed by atoms with van der Waals surface area (Å²) in [7, 11) is 3.50. The van der Waals surface area contributed by atoms with Crippen molar-refractivity contribution in [3.05, 3.63) is 12.7 Å². The van der Waals surface area contributed by atoms with Crippen molar-refractivity contribution in [3.63, 3.8) is 0 Å². The highest BCUT2D eigenvalue weighted by atomic mass is 35.5. The molecule has 0 bridgehead atoms. The van der Waals surface area contributed by atoms with Crippen LogP contribution in [0.25, 0.3) is 0 Å². The molecule has 0 saturated carbocycles. The Hall–Kier alpha value is -0.580. The van der Waals surface area contributed by atoms with E-state index in [1.807, 2.05) is 13.1 Å². The van der Waals surface area contributed by atoms with Crippen LogP contribution in [0, 0.1) is 0 Å². The molecule has 0 aromatic rings. The van der Waals surface area contributed by atoms with Crippen LogP contribution in [0.4, 0.5) is 0 Å². The van der Waals surface area contributed by atoms with Crippen LogP contribution in [0.1, 0.15) is 25.7 Å². The Kier molecular flexibility index (Phi) is 8.24. The fraction of sp³-hybridized carbons (Fsp3) is 0.769. The molecule has 0 radical (unpaired) electrons. The zero-order valence-electron chi connectivity index (χ0n) is 11.4. The van der Waals surface area contributed by atoms with Crippen molar-refractivity contribution >= 4 is 18.3 Å². The Morgan fingerprint density at radius 3 is 2.61 bits per heavy atom. The van der Waals surface area contributed by atoms with Gasteiger partial charge in [-0.1, -0.05) is 6.08 Å². The fourth-order valence-corrected chi connectivity index (χ4v) is 2.26. The number of halogens is 1. The number of allylic oxidation sites excluding steroid dienone is 1. The van der Waals surface area contributed by atoms with Crippen LogP contribution >= 0.6 is 12.4 Å². The lowest BCUT2D eigenvalue weighted by molar-refractivity contribution is -0.157. The van der Waals surface area contributed by atoms with Crippen molar-refractivity contribution < 1.29 is 9.53 Å². The first-order valence-corrected chi connectivity index (χ1v) is 6.28. The first-order chi connectivity index (χ1) is 8.16. The van der Waals surface area contributed by atoms with Crippen LogP contribution in [-0.2, 0) is 9.53 Å². The highest BCUT2D eigenvalue weighted by molar-refractivity contribution is 5.85. The van der Waals surface area contributed by atoms with E-state index in [0.29, 0.717) is 0 Å². The number of methoxy groups -OCH3 is 1.